The molecule has 0 saturated carbocycles. The zero-order valence-corrected chi connectivity index (χ0v) is 18.8. The van der Waals surface area contributed by atoms with E-state index in [4.69, 9.17) is 0 Å². The van der Waals surface area contributed by atoms with E-state index in [1.165, 1.54) is 31.8 Å². The van der Waals surface area contributed by atoms with Gasteiger partial charge in [-0.1, -0.05) is 30.3 Å². The Balaban J connectivity index is 1.48. The summed E-state index contributed by atoms with van der Waals surface area (Å²) in [5.41, 5.74) is 1.68. The van der Waals surface area contributed by atoms with Gasteiger partial charge >= 0.3 is 0 Å². The zero-order valence-electron chi connectivity index (χ0n) is 18.0. The molecule has 1 heterocycles. The zero-order chi connectivity index (χ0) is 22.4. The number of amides is 2. The molecule has 7 nitrogen and oxygen atoms in total. The maximum Gasteiger partial charge on any atom is 0.253 e. The van der Waals surface area contributed by atoms with Crippen LogP contribution in [0.25, 0.3) is 0 Å². The molecule has 3 rings (SSSR count). The number of carbonyl (C=O) groups is 2. The van der Waals surface area contributed by atoms with Gasteiger partial charge in [0.15, 0.2) is 0 Å². The minimum Gasteiger partial charge on any atom is -0.339 e. The summed E-state index contributed by atoms with van der Waals surface area (Å²) in [7, 11) is -0.584. The van der Waals surface area contributed by atoms with Gasteiger partial charge in [0.1, 0.15) is 0 Å². The first kappa shape index (κ1) is 23.0. The summed E-state index contributed by atoms with van der Waals surface area (Å²) in [6, 6.07) is 16.1. The molecule has 0 N–H and O–H groups in total. The summed E-state index contributed by atoms with van der Waals surface area (Å²) in [5, 5.41) is 0. The quantitative estimate of drug-likeness (QED) is 0.658. The Morgan fingerprint density at radius 2 is 1.45 bits per heavy atom. The molecule has 2 aromatic carbocycles. The average molecular weight is 444 g/mol. The van der Waals surface area contributed by atoms with Crippen LogP contribution in [0.15, 0.2) is 59.5 Å². The minimum absolute atomic E-state index is 0.126. The van der Waals surface area contributed by atoms with Gasteiger partial charge in [0.25, 0.3) is 5.91 Å². The highest BCUT2D eigenvalue weighted by atomic mass is 32.2. The first-order chi connectivity index (χ1) is 14.8. The van der Waals surface area contributed by atoms with E-state index in [1.54, 1.807) is 17.0 Å². The predicted octanol–water partition coefficient (Wildman–Crippen LogP) is 2.24. The molecular formula is C23H29N3O4S. The van der Waals surface area contributed by atoms with Crippen LogP contribution in [0, 0.1) is 0 Å². The number of hydrogen-bond donors (Lipinski definition) is 0. The lowest BCUT2D eigenvalue weighted by Crippen LogP contribution is -2.50. The fourth-order valence-corrected chi connectivity index (χ4v) is 4.47. The number of rotatable bonds is 7. The summed E-state index contributed by atoms with van der Waals surface area (Å²) in [6.45, 7) is 1.98. The van der Waals surface area contributed by atoms with Crippen molar-refractivity contribution in [1.29, 1.82) is 0 Å². The molecule has 166 valence electrons. The molecule has 0 aromatic heterocycles. The van der Waals surface area contributed by atoms with E-state index in [1.807, 2.05) is 23.1 Å². The number of piperazine rings is 1. The van der Waals surface area contributed by atoms with Crippen molar-refractivity contribution in [2.75, 3.05) is 40.3 Å². The van der Waals surface area contributed by atoms with E-state index in [-0.39, 0.29) is 16.7 Å². The van der Waals surface area contributed by atoms with Crippen LogP contribution < -0.4 is 0 Å². The fraction of sp³-hybridized carbons (Fsp3) is 0.391. The Morgan fingerprint density at radius 3 is 2.03 bits per heavy atom. The summed E-state index contributed by atoms with van der Waals surface area (Å²) < 4.78 is 25.5. The molecule has 0 atom stereocenters. The van der Waals surface area contributed by atoms with Gasteiger partial charge in [0.05, 0.1) is 4.90 Å². The molecular weight excluding hydrogens is 414 g/mol. The van der Waals surface area contributed by atoms with Crippen molar-refractivity contribution >= 4 is 21.8 Å². The topological polar surface area (TPSA) is 78.0 Å². The predicted molar refractivity (Wildman–Crippen MR) is 119 cm³/mol. The second-order valence-electron chi connectivity index (χ2n) is 7.82. The van der Waals surface area contributed by atoms with Crippen LogP contribution in [0.5, 0.6) is 0 Å². The van der Waals surface area contributed by atoms with Crippen molar-refractivity contribution in [3.8, 4) is 0 Å². The molecule has 0 aliphatic carbocycles. The fourth-order valence-electron chi connectivity index (χ4n) is 3.57. The van der Waals surface area contributed by atoms with Crippen LogP contribution in [0.2, 0.25) is 0 Å². The van der Waals surface area contributed by atoms with E-state index in [9.17, 15) is 18.0 Å². The van der Waals surface area contributed by atoms with Gasteiger partial charge in [-0.3, -0.25) is 9.59 Å². The number of carbonyl (C=O) groups excluding carboxylic acids is 2. The molecule has 0 radical (unpaired) electrons. The summed E-state index contributed by atoms with van der Waals surface area (Å²) in [4.78, 5) is 28.9. The van der Waals surface area contributed by atoms with Crippen LogP contribution >= 0.6 is 0 Å². The van der Waals surface area contributed by atoms with E-state index < -0.39 is 10.0 Å². The maximum atomic E-state index is 12.8. The molecule has 2 aromatic rings. The van der Waals surface area contributed by atoms with Gasteiger partial charge in [-0.2, -0.15) is 0 Å². The highest BCUT2D eigenvalue weighted by Crippen LogP contribution is 2.16. The van der Waals surface area contributed by atoms with Crippen LogP contribution in [-0.2, 0) is 21.2 Å². The Kier molecular flexibility index (Phi) is 7.46. The minimum atomic E-state index is -3.52. The molecule has 1 saturated heterocycles. The van der Waals surface area contributed by atoms with Crippen LogP contribution in [0.1, 0.15) is 28.8 Å². The Labute approximate surface area is 184 Å². The third-order valence-electron chi connectivity index (χ3n) is 5.50. The lowest BCUT2D eigenvalue weighted by molar-refractivity contribution is -0.132. The van der Waals surface area contributed by atoms with Gasteiger partial charge in [-0.25, -0.2) is 12.7 Å². The first-order valence-electron chi connectivity index (χ1n) is 10.4. The lowest BCUT2D eigenvalue weighted by Gasteiger charge is -2.35. The SMILES string of the molecule is CN(C)S(=O)(=O)c1ccc(C(=O)N2CCN(C(=O)CCCc3ccccc3)CC2)cc1. The Morgan fingerprint density at radius 1 is 0.871 bits per heavy atom. The Bertz CT molecular complexity index is 997. The van der Waals surface area contributed by atoms with E-state index >= 15 is 0 Å². The smallest absolute Gasteiger partial charge is 0.253 e. The molecule has 1 fully saturated rings. The Hall–Kier alpha value is -2.71. The maximum absolute atomic E-state index is 12.8. The molecule has 0 unspecified atom stereocenters. The molecule has 1 aliphatic rings. The largest absolute Gasteiger partial charge is 0.339 e. The van der Waals surface area contributed by atoms with Gasteiger partial charge in [0, 0.05) is 52.3 Å². The van der Waals surface area contributed by atoms with Crippen molar-refractivity contribution in [3.63, 3.8) is 0 Å². The number of nitrogens with zero attached hydrogens (tertiary/aromatic N) is 3. The highest BCUT2D eigenvalue weighted by molar-refractivity contribution is 7.89. The molecule has 8 heteroatoms. The third kappa shape index (κ3) is 5.71. The number of sulfonamides is 1. The van der Waals surface area contributed by atoms with Gasteiger partial charge in [-0.05, 0) is 42.7 Å². The van der Waals surface area contributed by atoms with Gasteiger partial charge < -0.3 is 9.80 Å². The lowest BCUT2D eigenvalue weighted by atomic mass is 10.1. The van der Waals surface area contributed by atoms with Crippen molar-refractivity contribution in [2.45, 2.75) is 24.2 Å². The van der Waals surface area contributed by atoms with E-state index in [0.717, 1.165) is 17.1 Å². The van der Waals surface area contributed by atoms with Crippen molar-refractivity contribution < 1.29 is 18.0 Å². The van der Waals surface area contributed by atoms with Crippen molar-refractivity contribution in [1.82, 2.24) is 14.1 Å². The molecule has 0 spiro atoms. The molecule has 2 amide bonds. The third-order valence-corrected chi connectivity index (χ3v) is 7.33. The van der Waals surface area contributed by atoms with E-state index in [0.29, 0.717) is 38.2 Å². The van der Waals surface area contributed by atoms with Gasteiger partial charge in [0.2, 0.25) is 15.9 Å². The molecule has 0 bridgehead atoms. The van der Waals surface area contributed by atoms with Crippen LogP contribution in [0.4, 0.5) is 0 Å². The summed E-state index contributed by atoms with van der Waals surface area (Å²) in [5.74, 6) is -0.0220. The number of benzene rings is 2. The second kappa shape index (κ2) is 10.1. The van der Waals surface area contributed by atoms with E-state index in [2.05, 4.69) is 12.1 Å². The molecule has 31 heavy (non-hydrogen) atoms. The second-order valence-corrected chi connectivity index (χ2v) is 9.98. The van der Waals surface area contributed by atoms with Crippen LogP contribution in [0.3, 0.4) is 0 Å². The standard InChI is InChI=1S/C23H29N3O4S/c1-24(2)31(29,30)21-13-11-20(12-14-21)23(28)26-17-15-25(16-18-26)22(27)10-6-9-19-7-4-3-5-8-19/h3-5,7-8,11-14H,6,9-10,15-18H2,1-2H3. The molecule has 1 aliphatic heterocycles. The first-order valence-corrected chi connectivity index (χ1v) is 11.9. The van der Waals surface area contributed by atoms with Crippen molar-refractivity contribution in [2.24, 2.45) is 0 Å². The van der Waals surface area contributed by atoms with Crippen molar-refractivity contribution in [3.05, 3.63) is 65.7 Å². The monoisotopic (exact) mass is 443 g/mol. The number of aryl methyl sites for hydroxylation is 1. The summed E-state index contributed by atoms with van der Waals surface area (Å²) in [6.07, 6.45) is 2.19. The van der Waals surface area contributed by atoms with Crippen LogP contribution in [-0.4, -0.2) is 74.6 Å². The average Bonchev–Trinajstić information content (AvgIpc) is 2.79. The van der Waals surface area contributed by atoms with Gasteiger partial charge in [-0.15, -0.1) is 0 Å². The highest BCUT2D eigenvalue weighted by Gasteiger charge is 2.25. The number of hydrogen-bond acceptors (Lipinski definition) is 4. The summed E-state index contributed by atoms with van der Waals surface area (Å²) >= 11 is 0. The normalized spacial score (nSPS) is 14.7.